The van der Waals surface area contributed by atoms with Gasteiger partial charge in [0, 0.05) is 17.1 Å². The zero-order valence-corrected chi connectivity index (χ0v) is 7.53. The highest BCUT2D eigenvalue weighted by Crippen LogP contribution is 2.38. The van der Waals surface area contributed by atoms with E-state index in [0.717, 1.165) is 24.0 Å². The summed E-state index contributed by atoms with van der Waals surface area (Å²) in [6, 6.07) is 0. The van der Waals surface area contributed by atoms with E-state index < -0.39 is 0 Å². The van der Waals surface area contributed by atoms with Crippen molar-refractivity contribution in [3.8, 4) is 5.88 Å². The quantitative estimate of drug-likeness (QED) is 0.623. The maximum absolute atomic E-state index is 9.15. The van der Waals surface area contributed by atoms with E-state index in [0.29, 0.717) is 11.8 Å². The van der Waals surface area contributed by atoms with Gasteiger partial charge in [0.15, 0.2) is 0 Å². The molecular formula is C8H11BN2O2. The van der Waals surface area contributed by atoms with Gasteiger partial charge in [-0.2, -0.15) is 0 Å². The van der Waals surface area contributed by atoms with E-state index in [1.165, 1.54) is 6.33 Å². The molecule has 0 aliphatic heterocycles. The summed E-state index contributed by atoms with van der Waals surface area (Å²) < 4.78 is 5.04. The third kappa shape index (κ3) is 1.51. The molecule has 68 valence electrons. The molecule has 1 saturated carbocycles. The third-order valence-electron chi connectivity index (χ3n) is 2.25. The van der Waals surface area contributed by atoms with Gasteiger partial charge in [0.05, 0.1) is 7.11 Å². The lowest BCUT2D eigenvalue weighted by molar-refractivity contribution is 0.399. The molecule has 13 heavy (non-hydrogen) atoms. The fourth-order valence-electron chi connectivity index (χ4n) is 1.44. The number of rotatable bonds is 3. The first-order valence-corrected chi connectivity index (χ1v) is 4.35. The van der Waals surface area contributed by atoms with E-state index in [-0.39, 0.29) is 7.48 Å². The first-order valence-electron chi connectivity index (χ1n) is 4.35. The molecule has 0 aromatic carbocycles. The Labute approximate surface area is 77.3 Å². The average molecular weight is 178 g/mol. The predicted octanol–water partition coefficient (Wildman–Crippen LogP) is -0.668. The maximum Gasteiger partial charge on any atom is 0.312 e. The number of aromatic nitrogens is 2. The molecular weight excluding hydrogens is 167 g/mol. The molecule has 1 aliphatic rings. The van der Waals surface area contributed by atoms with E-state index in [1.807, 2.05) is 0 Å². The fraction of sp³-hybridized carbons (Fsp3) is 0.500. The van der Waals surface area contributed by atoms with Gasteiger partial charge in [0.1, 0.15) is 6.33 Å². The molecule has 1 aromatic rings. The summed E-state index contributed by atoms with van der Waals surface area (Å²) in [5.41, 5.74) is 1.70. The second kappa shape index (κ2) is 3.34. The van der Waals surface area contributed by atoms with Crippen molar-refractivity contribution < 1.29 is 9.76 Å². The monoisotopic (exact) mass is 178 g/mol. The normalized spacial score (nSPS) is 15.5. The summed E-state index contributed by atoms with van der Waals surface area (Å²) in [6.45, 7) is 0. The van der Waals surface area contributed by atoms with Crippen molar-refractivity contribution in [2.75, 3.05) is 7.11 Å². The largest absolute Gasteiger partial charge is 0.481 e. The number of nitrogens with zero attached hydrogens (tertiary/aromatic N) is 2. The summed E-state index contributed by atoms with van der Waals surface area (Å²) >= 11 is 0. The molecule has 4 nitrogen and oxygen atoms in total. The van der Waals surface area contributed by atoms with Gasteiger partial charge in [-0.3, -0.25) is 0 Å². The van der Waals surface area contributed by atoms with Crippen LogP contribution in [0.1, 0.15) is 24.5 Å². The first kappa shape index (κ1) is 8.50. The Balaban J connectivity index is 2.41. The van der Waals surface area contributed by atoms with E-state index in [9.17, 15) is 0 Å². The van der Waals surface area contributed by atoms with Crippen molar-refractivity contribution in [3.63, 3.8) is 0 Å². The van der Waals surface area contributed by atoms with Gasteiger partial charge in [0.25, 0.3) is 0 Å². The molecule has 0 bridgehead atoms. The number of ether oxygens (including phenoxy) is 1. The summed E-state index contributed by atoms with van der Waals surface area (Å²) in [5.74, 6) is 1.01. The van der Waals surface area contributed by atoms with Crippen LogP contribution in [0.3, 0.4) is 0 Å². The minimum atomic E-state index is -0.0458. The van der Waals surface area contributed by atoms with Crippen LogP contribution in [0.15, 0.2) is 6.33 Å². The summed E-state index contributed by atoms with van der Waals surface area (Å²) in [4.78, 5) is 8.11. The Morgan fingerprint density at radius 1 is 1.54 bits per heavy atom. The Kier molecular flexibility index (Phi) is 2.18. The Bertz CT molecular complexity index is 315. The Hall–Kier alpha value is -1.10. The molecule has 0 radical (unpaired) electrons. The zero-order valence-electron chi connectivity index (χ0n) is 7.53. The van der Waals surface area contributed by atoms with Gasteiger partial charge in [-0.05, 0) is 12.8 Å². The van der Waals surface area contributed by atoms with Gasteiger partial charge in [0.2, 0.25) is 5.88 Å². The van der Waals surface area contributed by atoms with Crippen molar-refractivity contribution in [3.05, 3.63) is 12.0 Å². The van der Waals surface area contributed by atoms with Gasteiger partial charge in [-0.25, -0.2) is 9.97 Å². The minimum Gasteiger partial charge on any atom is -0.481 e. The van der Waals surface area contributed by atoms with Crippen LogP contribution < -0.4 is 10.2 Å². The molecule has 0 amide bonds. The van der Waals surface area contributed by atoms with E-state index in [2.05, 4.69) is 9.97 Å². The lowest BCUT2D eigenvalue weighted by Crippen LogP contribution is -2.23. The highest BCUT2D eigenvalue weighted by Gasteiger charge is 2.29. The van der Waals surface area contributed by atoms with Crippen LogP contribution in [0.25, 0.3) is 0 Å². The molecule has 5 heteroatoms. The summed E-state index contributed by atoms with van der Waals surface area (Å²) in [6.07, 6.45) is 3.81. The zero-order chi connectivity index (χ0) is 9.26. The molecule has 1 aromatic heterocycles. The highest BCUT2D eigenvalue weighted by molar-refractivity contribution is 6.47. The molecule has 1 fully saturated rings. The first-order chi connectivity index (χ1) is 6.36. The van der Waals surface area contributed by atoms with Crippen LogP contribution in [0.5, 0.6) is 5.88 Å². The van der Waals surface area contributed by atoms with E-state index >= 15 is 0 Å². The van der Waals surface area contributed by atoms with Gasteiger partial charge in [-0.15, -0.1) is 0 Å². The predicted molar refractivity (Wildman–Crippen MR) is 49.6 cm³/mol. The second-order valence-electron chi connectivity index (χ2n) is 3.18. The van der Waals surface area contributed by atoms with Gasteiger partial charge in [-0.1, -0.05) is 0 Å². The maximum atomic E-state index is 9.15. The Morgan fingerprint density at radius 3 is 2.85 bits per heavy atom. The van der Waals surface area contributed by atoms with E-state index in [1.54, 1.807) is 7.11 Å². The van der Waals surface area contributed by atoms with E-state index in [4.69, 9.17) is 9.76 Å². The van der Waals surface area contributed by atoms with Crippen molar-refractivity contribution >= 4 is 12.9 Å². The van der Waals surface area contributed by atoms with Gasteiger partial charge < -0.3 is 9.76 Å². The molecule has 0 saturated heterocycles. The van der Waals surface area contributed by atoms with Crippen molar-refractivity contribution in [1.29, 1.82) is 0 Å². The minimum absolute atomic E-state index is 0.0458. The lowest BCUT2D eigenvalue weighted by atomic mass is 9.86. The summed E-state index contributed by atoms with van der Waals surface area (Å²) in [7, 11) is 1.51. The van der Waals surface area contributed by atoms with Crippen LogP contribution in [-0.2, 0) is 0 Å². The van der Waals surface area contributed by atoms with Crippen LogP contribution in [0.2, 0.25) is 0 Å². The fourth-order valence-corrected chi connectivity index (χ4v) is 1.44. The highest BCUT2D eigenvalue weighted by atomic mass is 16.5. The molecule has 1 N–H and O–H groups in total. The number of hydrogen-bond donors (Lipinski definition) is 1. The molecule has 2 rings (SSSR count). The van der Waals surface area contributed by atoms with Crippen LogP contribution in [0.4, 0.5) is 0 Å². The molecule has 1 aliphatic carbocycles. The van der Waals surface area contributed by atoms with Crippen LogP contribution >= 0.6 is 0 Å². The third-order valence-corrected chi connectivity index (χ3v) is 2.25. The lowest BCUT2D eigenvalue weighted by Gasteiger charge is -2.07. The van der Waals surface area contributed by atoms with Crippen LogP contribution in [-0.4, -0.2) is 29.6 Å². The van der Waals surface area contributed by atoms with Crippen LogP contribution in [0, 0.1) is 0 Å². The average Bonchev–Trinajstić information content (AvgIpc) is 2.99. The van der Waals surface area contributed by atoms with Crippen molar-refractivity contribution in [2.24, 2.45) is 0 Å². The van der Waals surface area contributed by atoms with Crippen molar-refractivity contribution in [1.82, 2.24) is 9.97 Å². The molecule has 0 spiro atoms. The topological polar surface area (TPSA) is 55.2 Å². The number of hydrogen-bond acceptors (Lipinski definition) is 4. The molecule has 1 heterocycles. The summed E-state index contributed by atoms with van der Waals surface area (Å²) in [5, 5.41) is 9.15. The smallest absolute Gasteiger partial charge is 0.312 e. The second-order valence-corrected chi connectivity index (χ2v) is 3.18. The standard InChI is InChI=1S/C8H11BN2O2/c1-13-8-6(9-12)7(5-2-3-5)10-4-11-8/h4-5,9,12H,2-3H2,1H3. The van der Waals surface area contributed by atoms with Gasteiger partial charge >= 0.3 is 7.48 Å². The number of methoxy groups -OCH3 is 1. The Morgan fingerprint density at radius 2 is 2.31 bits per heavy atom. The SMILES string of the molecule is COc1ncnc(C2CC2)c1BO. The molecule has 0 unspecified atom stereocenters. The van der Waals surface area contributed by atoms with Crippen molar-refractivity contribution in [2.45, 2.75) is 18.8 Å². The molecule has 0 atom stereocenters.